The maximum Gasteiger partial charge on any atom is 0.219 e. The summed E-state index contributed by atoms with van der Waals surface area (Å²) in [5.41, 5.74) is 0.795. The van der Waals surface area contributed by atoms with E-state index in [2.05, 4.69) is 27.8 Å². The molecule has 0 unspecified atom stereocenters. The topological polar surface area (TPSA) is 59.6 Å². The maximum absolute atomic E-state index is 10.7. The van der Waals surface area contributed by atoms with Crippen LogP contribution in [0.5, 0.6) is 0 Å². The van der Waals surface area contributed by atoms with Gasteiger partial charge in [-0.3, -0.25) is 4.79 Å². The van der Waals surface area contributed by atoms with E-state index in [1.165, 1.54) is 90.8 Å². The van der Waals surface area contributed by atoms with Crippen LogP contribution < -0.4 is 16.0 Å². The summed E-state index contributed by atoms with van der Waals surface area (Å²) in [6, 6.07) is 0. The van der Waals surface area contributed by atoms with Gasteiger partial charge in [-0.25, -0.2) is 0 Å². The summed E-state index contributed by atoms with van der Waals surface area (Å²) in [6.07, 6.45) is 10.4. The van der Waals surface area contributed by atoms with E-state index in [0.29, 0.717) is 0 Å². The molecule has 28 heavy (non-hydrogen) atoms. The quantitative estimate of drug-likeness (QED) is 0.631. The third kappa shape index (κ3) is 8.76. The zero-order valence-corrected chi connectivity index (χ0v) is 18.5. The van der Waals surface area contributed by atoms with Gasteiger partial charge in [0, 0.05) is 59.3 Å². The van der Waals surface area contributed by atoms with Gasteiger partial charge in [0.25, 0.3) is 0 Å². The lowest BCUT2D eigenvalue weighted by molar-refractivity contribution is -0.129. The molecule has 3 aliphatic heterocycles. The molecule has 0 atom stereocenters. The van der Waals surface area contributed by atoms with Gasteiger partial charge < -0.3 is 25.8 Å². The molecule has 1 saturated carbocycles. The first-order valence-corrected chi connectivity index (χ1v) is 11.8. The molecular formula is C22H45N5O. The molecule has 3 heterocycles. The minimum absolute atomic E-state index is 0.191. The van der Waals surface area contributed by atoms with Crippen LogP contribution in [0.25, 0.3) is 0 Å². The van der Waals surface area contributed by atoms with E-state index >= 15 is 0 Å². The summed E-state index contributed by atoms with van der Waals surface area (Å²) in [6.45, 7) is 16.0. The van der Waals surface area contributed by atoms with E-state index in [4.69, 9.17) is 0 Å². The van der Waals surface area contributed by atoms with Gasteiger partial charge in [0.2, 0.25) is 5.91 Å². The van der Waals surface area contributed by atoms with E-state index in [1.807, 2.05) is 4.90 Å². The molecule has 1 spiro atoms. The number of likely N-dealkylation sites (N-methyl/N-ethyl adjacent to an activating group) is 1. The predicted octanol–water partition coefficient (Wildman–Crippen LogP) is 1.67. The van der Waals surface area contributed by atoms with Gasteiger partial charge >= 0.3 is 0 Å². The summed E-state index contributed by atoms with van der Waals surface area (Å²) in [5, 5.41) is 9.94. The maximum atomic E-state index is 10.7. The number of hydrogen-bond donors (Lipinski definition) is 3. The lowest BCUT2D eigenvalue weighted by Crippen LogP contribution is -2.45. The molecule has 0 aromatic heterocycles. The second kappa shape index (κ2) is 13.5. The molecule has 0 bridgehead atoms. The Morgan fingerprint density at radius 2 is 1.25 bits per heavy atom. The number of rotatable bonds is 1. The fourth-order valence-corrected chi connectivity index (χ4v) is 4.77. The minimum atomic E-state index is 0.191. The molecular weight excluding hydrogens is 350 g/mol. The van der Waals surface area contributed by atoms with Crippen LogP contribution in [0.4, 0.5) is 0 Å². The first kappa shape index (κ1) is 23.6. The van der Waals surface area contributed by atoms with Crippen LogP contribution in [-0.2, 0) is 4.79 Å². The third-order valence-electron chi connectivity index (χ3n) is 6.80. The minimum Gasteiger partial charge on any atom is -0.340 e. The fourth-order valence-electron chi connectivity index (χ4n) is 4.77. The zero-order valence-electron chi connectivity index (χ0n) is 18.5. The second-order valence-electron chi connectivity index (χ2n) is 8.75. The van der Waals surface area contributed by atoms with E-state index < -0.39 is 0 Å². The van der Waals surface area contributed by atoms with Crippen LogP contribution in [-0.4, -0.2) is 87.7 Å². The van der Waals surface area contributed by atoms with Crippen molar-refractivity contribution in [1.82, 2.24) is 25.8 Å². The monoisotopic (exact) mass is 395 g/mol. The predicted molar refractivity (Wildman–Crippen MR) is 118 cm³/mol. The van der Waals surface area contributed by atoms with Gasteiger partial charge in [0.1, 0.15) is 0 Å². The molecule has 0 aromatic carbocycles. The molecule has 1 aliphatic carbocycles. The zero-order chi connectivity index (χ0) is 20.1. The van der Waals surface area contributed by atoms with Gasteiger partial charge in [0.05, 0.1) is 0 Å². The van der Waals surface area contributed by atoms with Crippen molar-refractivity contribution in [3.8, 4) is 0 Å². The molecule has 6 nitrogen and oxygen atoms in total. The Balaban J connectivity index is 0.000000153. The van der Waals surface area contributed by atoms with Crippen molar-refractivity contribution < 1.29 is 4.79 Å². The highest BCUT2D eigenvalue weighted by molar-refractivity contribution is 5.73. The molecule has 164 valence electrons. The van der Waals surface area contributed by atoms with Crippen molar-refractivity contribution in [3.63, 3.8) is 0 Å². The molecule has 1 amide bonds. The average molecular weight is 396 g/mol. The van der Waals surface area contributed by atoms with E-state index in [9.17, 15) is 4.79 Å². The number of carbonyl (C=O) groups excluding carboxylic acids is 1. The van der Waals surface area contributed by atoms with Gasteiger partial charge in [0.15, 0.2) is 0 Å². The fraction of sp³-hybridized carbons (Fsp3) is 0.955. The summed E-state index contributed by atoms with van der Waals surface area (Å²) in [5.74, 6) is 0.191. The standard InChI is InChI=1S/C10H19N.C6H12N2O.C6H14N2/c1-2-4-10(5-3-1)6-8-11-9-7-10;1-6(9)8-4-2-7-3-5-8;1-2-8-5-3-7-4-6-8/h11H,1-9H2;7H,2-5H2,1H3;7H,2-6H2,1H3. The van der Waals surface area contributed by atoms with Crippen LogP contribution in [0.3, 0.4) is 0 Å². The number of piperidine rings is 1. The van der Waals surface area contributed by atoms with E-state index in [0.717, 1.165) is 31.6 Å². The van der Waals surface area contributed by atoms with Gasteiger partial charge in [-0.15, -0.1) is 0 Å². The van der Waals surface area contributed by atoms with E-state index in [-0.39, 0.29) is 5.91 Å². The second-order valence-corrected chi connectivity index (χ2v) is 8.75. The lowest BCUT2D eigenvalue weighted by Gasteiger charge is -2.40. The Bertz CT molecular complexity index is 388. The Hall–Kier alpha value is -0.690. The number of nitrogens with one attached hydrogen (secondary N) is 3. The van der Waals surface area contributed by atoms with Gasteiger partial charge in [-0.05, 0) is 50.7 Å². The molecule has 3 saturated heterocycles. The van der Waals surface area contributed by atoms with Crippen LogP contribution in [0, 0.1) is 5.41 Å². The van der Waals surface area contributed by atoms with Crippen molar-refractivity contribution in [2.24, 2.45) is 5.41 Å². The molecule has 0 aromatic rings. The van der Waals surface area contributed by atoms with Crippen molar-refractivity contribution in [3.05, 3.63) is 0 Å². The molecule has 4 aliphatic rings. The first-order chi connectivity index (χ1) is 13.7. The highest BCUT2D eigenvalue weighted by atomic mass is 16.2. The van der Waals surface area contributed by atoms with Gasteiger partial charge in [-0.2, -0.15) is 0 Å². The van der Waals surface area contributed by atoms with Crippen molar-refractivity contribution >= 4 is 5.91 Å². The normalized spacial score (nSPS) is 25.1. The summed E-state index contributed by atoms with van der Waals surface area (Å²) in [4.78, 5) is 15.0. The number of carbonyl (C=O) groups is 1. The smallest absolute Gasteiger partial charge is 0.219 e. The van der Waals surface area contributed by atoms with Crippen LogP contribution >= 0.6 is 0 Å². The molecule has 3 N–H and O–H groups in total. The third-order valence-corrected chi connectivity index (χ3v) is 6.80. The summed E-state index contributed by atoms with van der Waals surface area (Å²) in [7, 11) is 0. The number of amides is 1. The number of piperazine rings is 2. The Labute approximate surface area is 173 Å². The summed E-state index contributed by atoms with van der Waals surface area (Å²) < 4.78 is 0. The Morgan fingerprint density at radius 1 is 0.750 bits per heavy atom. The van der Waals surface area contributed by atoms with Crippen molar-refractivity contribution in [1.29, 1.82) is 0 Å². The first-order valence-electron chi connectivity index (χ1n) is 11.8. The lowest BCUT2D eigenvalue weighted by atomic mass is 9.68. The van der Waals surface area contributed by atoms with E-state index in [1.54, 1.807) is 6.92 Å². The largest absolute Gasteiger partial charge is 0.340 e. The molecule has 4 fully saturated rings. The molecule has 6 heteroatoms. The highest BCUT2D eigenvalue weighted by Gasteiger charge is 2.32. The van der Waals surface area contributed by atoms with Crippen molar-refractivity contribution in [2.45, 2.75) is 58.8 Å². The Morgan fingerprint density at radius 3 is 1.68 bits per heavy atom. The highest BCUT2D eigenvalue weighted by Crippen LogP contribution is 2.42. The molecule has 4 rings (SSSR count). The number of nitrogens with zero attached hydrogens (tertiary/aromatic N) is 2. The van der Waals surface area contributed by atoms with Crippen LogP contribution in [0.15, 0.2) is 0 Å². The summed E-state index contributed by atoms with van der Waals surface area (Å²) >= 11 is 0. The molecule has 0 radical (unpaired) electrons. The average Bonchev–Trinajstić information content (AvgIpc) is 2.77. The van der Waals surface area contributed by atoms with Crippen molar-refractivity contribution in [2.75, 3.05) is 72.0 Å². The van der Waals surface area contributed by atoms with Crippen LogP contribution in [0.1, 0.15) is 58.8 Å². The van der Waals surface area contributed by atoms with Crippen LogP contribution in [0.2, 0.25) is 0 Å². The Kier molecular flexibility index (Phi) is 11.4. The SMILES string of the molecule is C1CCC2(CC1)CCNCC2.CC(=O)N1CCNCC1.CCN1CCNCC1. The number of hydrogen-bond acceptors (Lipinski definition) is 5. The van der Waals surface area contributed by atoms with Gasteiger partial charge in [-0.1, -0.05) is 26.2 Å².